The summed E-state index contributed by atoms with van der Waals surface area (Å²) in [5, 5.41) is 10.1. The van der Waals surface area contributed by atoms with E-state index in [1.54, 1.807) is 0 Å². The first-order valence-electron chi connectivity index (χ1n) is 5.27. The highest BCUT2D eigenvalue weighted by atomic mass is 35.5. The van der Waals surface area contributed by atoms with E-state index in [9.17, 15) is 5.26 Å². The Bertz CT molecular complexity index is 415. The molecule has 0 unspecified atom stereocenters. The first kappa shape index (κ1) is 10.5. The molecule has 2 rings (SSSR count). The van der Waals surface area contributed by atoms with Gasteiger partial charge in [0.15, 0.2) is 0 Å². The van der Waals surface area contributed by atoms with E-state index in [4.69, 9.17) is 11.6 Å². The molecule has 1 saturated carbocycles. The van der Waals surface area contributed by atoms with Crippen molar-refractivity contribution in [3.05, 3.63) is 33.8 Å². The minimum atomic E-state index is -0.222. The van der Waals surface area contributed by atoms with E-state index in [1.807, 2.05) is 13.8 Å². The van der Waals surface area contributed by atoms with E-state index < -0.39 is 0 Å². The van der Waals surface area contributed by atoms with Gasteiger partial charge < -0.3 is 0 Å². The molecule has 2 heteroatoms. The van der Waals surface area contributed by atoms with Crippen LogP contribution in [0.4, 0.5) is 0 Å². The maximum Gasteiger partial charge on any atom is 0.0822 e. The predicted octanol–water partition coefficient (Wildman–Crippen LogP) is 3.90. The second-order valence-corrected chi connectivity index (χ2v) is 4.85. The van der Waals surface area contributed by atoms with Gasteiger partial charge in [0.2, 0.25) is 0 Å². The lowest BCUT2D eigenvalue weighted by Gasteiger charge is -2.36. The topological polar surface area (TPSA) is 23.8 Å². The fraction of sp³-hybridized carbons (Fsp3) is 0.462. The summed E-state index contributed by atoms with van der Waals surface area (Å²) >= 11 is 6.12. The number of hydrogen-bond acceptors (Lipinski definition) is 1. The monoisotopic (exact) mass is 219 g/mol. The smallest absolute Gasteiger partial charge is 0.0822 e. The fourth-order valence-electron chi connectivity index (χ4n) is 2.22. The van der Waals surface area contributed by atoms with Crippen molar-refractivity contribution in [1.29, 1.82) is 5.26 Å². The number of benzene rings is 1. The second kappa shape index (κ2) is 3.54. The molecule has 0 spiro atoms. The van der Waals surface area contributed by atoms with Crippen LogP contribution in [0.3, 0.4) is 0 Å². The van der Waals surface area contributed by atoms with E-state index in [1.165, 1.54) is 0 Å². The summed E-state index contributed by atoms with van der Waals surface area (Å²) in [4.78, 5) is 0. The molecular weight excluding hydrogens is 206 g/mol. The van der Waals surface area contributed by atoms with Crippen LogP contribution in [-0.2, 0) is 5.41 Å². The van der Waals surface area contributed by atoms with Crippen LogP contribution in [0.15, 0.2) is 12.1 Å². The largest absolute Gasteiger partial charge is 0.197 e. The van der Waals surface area contributed by atoms with E-state index >= 15 is 0 Å². The van der Waals surface area contributed by atoms with Crippen molar-refractivity contribution >= 4 is 11.6 Å². The zero-order valence-corrected chi connectivity index (χ0v) is 9.86. The molecule has 1 fully saturated rings. The van der Waals surface area contributed by atoms with Crippen LogP contribution in [0.1, 0.15) is 36.0 Å². The molecule has 0 aromatic heterocycles. The van der Waals surface area contributed by atoms with Crippen molar-refractivity contribution in [2.45, 2.75) is 38.5 Å². The zero-order valence-electron chi connectivity index (χ0n) is 9.10. The van der Waals surface area contributed by atoms with Gasteiger partial charge in [-0.1, -0.05) is 23.7 Å². The van der Waals surface area contributed by atoms with Gasteiger partial charge in [0.1, 0.15) is 0 Å². The van der Waals surface area contributed by atoms with Crippen molar-refractivity contribution in [2.24, 2.45) is 0 Å². The average Bonchev–Trinajstić information content (AvgIpc) is 2.13. The van der Waals surface area contributed by atoms with Gasteiger partial charge in [0.05, 0.1) is 11.5 Å². The van der Waals surface area contributed by atoms with Crippen molar-refractivity contribution in [3.8, 4) is 6.07 Å². The van der Waals surface area contributed by atoms with Gasteiger partial charge in [-0.05, 0) is 49.8 Å². The lowest BCUT2D eigenvalue weighted by atomic mass is 9.65. The van der Waals surface area contributed by atoms with Gasteiger partial charge in [-0.3, -0.25) is 0 Å². The molecule has 0 amide bonds. The Morgan fingerprint density at radius 3 is 2.13 bits per heavy atom. The highest BCUT2D eigenvalue weighted by molar-refractivity contribution is 6.32. The number of aryl methyl sites for hydroxylation is 2. The van der Waals surface area contributed by atoms with Gasteiger partial charge in [-0.15, -0.1) is 0 Å². The molecule has 0 saturated heterocycles. The Morgan fingerprint density at radius 2 is 1.80 bits per heavy atom. The number of nitriles is 1. The third kappa shape index (κ3) is 1.54. The minimum Gasteiger partial charge on any atom is -0.197 e. The molecule has 0 atom stereocenters. The van der Waals surface area contributed by atoms with Crippen molar-refractivity contribution in [2.75, 3.05) is 0 Å². The molecule has 1 aromatic carbocycles. The van der Waals surface area contributed by atoms with E-state index in [-0.39, 0.29) is 5.41 Å². The maximum atomic E-state index is 9.26. The van der Waals surface area contributed by atoms with Crippen molar-refractivity contribution in [1.82, 2.24) is 0 Å². The van der Waals surface area contributed by atoms with Crippen molar-refractivity contribution < 1.29 is 0 Å². The molecule has 15 heavy (non-hydrogen) atoms. The number of hydrogen-bond donors (Lipinski definition) is 0. The quantitative estimate of drug-likeness (QED) is 0.703. The zero-order chi connectivity index (χ0) is 11.1. The van der Waals surface area contributed by atoms with Crippen LogP contribution in [0.5, 0.6) is 0 Å². The van der Waals surface area contributed by atoms with E-state index in [0.29, 0.717) is 0 Å². The molecular formula is C13H14ClN. The second-order valence-electron chi connectivity index (χ2n) is 4.47. The molecule has 1 aromatic rings. The number of halogens is 1. The number of nitrogens with zero attached hydrogens (tertiary/aromatic N) is 1. The van der Waals surface area contributed by atoms with Crippen LogP contribution in [-0.4, -0.2) is 0 Å². The minimum absolute atomic E-state index is 0.222. The van der Waals surface area contributed by atoms with Gasteiger partial charge >= 0.3 is 0 Å². The lowest BCUT2D eigenvalue weighted by Crippen LogP contribution is -2.32. The van der Waals surface area contributed by atoms with Crippen LogP contribution in [0.2, 0.25) is 5.02 Å². The van der Waals surface area contributed by atoms with Gasteiger partial charge in [-0.2, -0.15) is 5.26 Å². The molecule has 1 aliphatic rings. The van der Waals surface area contributed by atoms with Gasteiger partial charge in [0, 0.05) is 5.02 Å². The Labute approximate surface area is 95.7 Å². The maximum absolute atomic E-state index is 9.26. The molecule has 0 aliphatic heterocycles. The van der Waals surface area contributed by atoms with Gasteiger partial charge in [-0.25, -0.2) is 0 Å². The molecule has 78 valence electrons. The van der Waals surface area contributed by atoms with Crippen molar-refractivity contribution in [3.63, 3.8) is 0 Å². The standard InChI is InChI=1S/C13H14ClN/c1-9-6-11(7-10(2)12(9)14)13(8-15)4-3-5-13/h6-7H,3-5H2,1-2H3. The Kier molecular flexibility index (Phi) is 2.48. The Morgan fingerprint density at radius 1 is 1.27 bits per heavy atom. The summed E-state index contributed by atoms with van der Waals surface area (Å²) in [6.45, 7) is 4.01. The fourth-order valence-corrected chi connectivity index (χ4v) is 2.33. The molecule has 0 bridgehead atoms. The molecule has 0 radical (unpaired) electrons. The Balaban J connectivity index is 2.51. The van der Waals surface area contributed by atoms with Gasteiger partial charge in [0.25, 0.3) is 0 Å². The predicted molar refractivity (Wildman–Crippen MR) is 62.1 cm³/mol. The first-order chi connectivity index (χ1) is 7.09. The summed E-state index contributed by atoms with van der Waals surface area (Å²) in [5.41, 5.74) is 3.08. The van der Waals surface area contributed by atoms with E-state index in [2.05, 4.69) is 18.2 Å². The SMILES string of the molecule is Cc1cc(C2(C#N)CCC2)cc(C)c1Cl. The normalized spacial score (nSPS) is 18.0. The first-order valence-corrected chi connectivity index (χ1v) is 5.65. The highest BCUT2D eigenvalue weighted by Gasteiger charge is 2.39. The summed E-state index contributed by atoms with van der Waals surface area (Å²) < 4.78 is 0. The third-order valence-electron chi connectivity index (χ3n) is 3.41. The van der Waals surface area contributed by atoms with Crippen LogP contribution >= 0.6 is 11.6 Å². The summed E-state index contributed by atoms with van der Waals surface area (Å²) in [5.74, 6) is 0. The van der Waals surface area contributed by atoms with Crippen LogP contribution < -0.4 is 0 Å². The Hall–Kier alpha value is -1.000. The number of rotatable bonds is 1. The van der Waals surface area contributed by atoms with Crippen LogP contribution in [0.25, 0.3) is 0 Å². The molecule has 1 aliphatic carbocycles. The summed E-state index contributed by atoms with van der Waals surface area (Å²) in [6, 6.07) is 6.60. The summed E-state index contributed by atoms with van der Waals surface area (Å²) in [6.07, 6.45) is 3.14. The summed E-state index contributed by atoms with van der Waals surface area (Å²) in [7, 11) is 0. The van der Waals surface area contributed by atoms with E-state index in [0.717, 1.165) is 41.0 Å². The third-order valence-corrected chi connectivity index (χ3v) is 4.01. The van der Waals surface area contributed by atoms with Crippen LogP contribution in [0, 0.1) is 25.2 Å². The lowest BCUT2D eigenvalue weighted by molar-refractivity contribution is 0.324. The molecule has 1 nitrogen and oxygen atoms in total. The highest BCUT2D eigenvalue weighted by Crippen LogP contribution is 2.44. The molecule has 0 heterocycles. The average molecular weight is 220 g/mol. The molecule has 0 N–H and O–H groups in total.